The number of aryl methyl sites for hydroxylation is 1. The van der Waals surface area contributed by atoms with Gasteiger partial charge in [0.05, 0.1) is 5.92 Å². The Hall–Kier alpha value is -3.06. The van der Waals surface area contributed by atoms with E-state index in [0.717, 1.165) is 21.4 Å². The van der Waals surface area contributed by atoms with E-state index in [4.69, 9.17) is 0 Å². The lowest BCUT2D eigenvalue weighted by Crippen LogP contribution is -2.28. The fourth-order valence-corrected chi connectivity index (χ4v) is 3.95. The third-order valence-corrected chi connectivity index (χ3v) is 5.76. The standard InChI is InChI=1S/C21H20N4O2S/c1-24-12-11-22-21(24)28-18-9-7-16(8-10-18)23-20(27)15-13-19(26)25(14-15)17-5-3-2-4-6-17/h2-12,15H,13-14H2,1H3,(H,23,27). The highest BCUT2D eigenvalue weighted by Gasteiger charge is 2.35. The summed E-state index contributed by atoms with van der Waals surface area (Å²) in [7, 11) is 1.95. The van der Waals surface area contributed by atoms with Crippen LogP contribution in [0, 0.1) is 5.92 Å². The summed E-state index contributed by atoms with van der Waals surface area (Å²) in [4.78, 5) is 31.9. The van der Waals surface area contributed by atoms with Crippen LogP contribution in [0.5, 0.6) is 0 Å². The van der Waals surface area contributed by atoms with Gasteiger partial charge in [-0.25, -0.2) is 4.98 Å². The number of nitrogens with zero attached hydrogens (tertiary/aromatic N) is 3. The van der Waals surface area contributed by atoms with Gasteiger partial charge in [-0.3, -0.25) is 9.59 Å². The van der Waals surface area contributed by atoms with Crippen molar-refractivity contribution in [3.63, 3.8) is 0 Å². The number of benzene rings is 2. The molecule has 1 atom stereocenters. The van der Waals surface area contributed by atoms with Crippen molar-refractivity contribution >= 4 is 35.0 Å². The number of carbonyl (C=O) groups is 2. The van der Waals surface area contributed by atoms with Crippen LogP contribution in [0.3, 0.4) is 0 Å². The molecule has 2 heterocycles. The summed E-state index contributed by atoms with van der Waals surface area (Å²) in [5.74, 6) is -0.501. The van der Waals surface area contributed by atoms with Crippen LogP contribution in [-0.2, 0) is 16.6 Å². The van der Waals surface area contributed by atoms with E-state index < -0.39 is 0 Å². The topological polar surface area (TPSA) is 67.2 Å². The van der Waals surface area contributed by atoms with Crippen LogP contribution in [0.25, 0.3) is 0 Å². The predicted molar refractivity (Wildman–Crippen MR) is 109 cm³/mol. The van der Waals surface area contributed by atoms with E-state index >= 15 is 0 Å². The molecule has 0 bridgehead atoms. The van der Waals surface area contributed by atoms with Crippen molar-refractivity contribution in [2.75, 3.05) is 16.8 Å². The van der Waals surface area contributed by atoms with Gasteiger partial charge in [-0.2, -0.15) is 0 Å². The quantitative estimate of drug-likeness (QED) is 0.721. The van der Waals surface area contributed by atoms with Crippen LogP contribution >= 0.6 is 11.8 Å². The smallest absolute Gasteiger partial charge is 0.229 e. The third-order valence-electron chi connectivity index (χ3n) is 4.67. The zero-order valence-electron chi connectivity index (χ0n) is 15.4. The molecule has 1 aliphatic rings. The molecule has 3 aromatic rings. The molecular weight excluding hydrogens is 372 g/mol. The first-order chi connectivity index (χ1) is 13.6. The van der Waals surface area contributed by atoms with E-state index in [1.807, 2.05) is 72.4 Å². The van der Waals surface area contributed by atoms with Gasteiger partial charge in [0.2, 0.25) is 11.8 Å². The van der Waals surface area contributed by atoms with Crippen molar-refractivity contribution in [1.29, 1.82) is 0 Å². The molecule has 0 spiro atoms. The molecule has 1 saturated heterocycles. The summed E-state index contributed by atoms with van der Waals surface area (Å²) < 4.78 is 1.95. The van der Waals surface area contributed by atoms with Crippen molar-refractivity contribution in [3.05, 3.63) is 67.0 Å². The molecule has 0 radical (unpaired) electrons. The number of hydrogen-bond acceptors (Lipinski definition) is 4. The summed E-state index contributed by atoms with van der Waals surface area (Å²) in [6.07, 6.45) is 3.89. The van der Waals surface area contributed by atoms with Gasteiger partial charge in [0.1, 0.15) is 0 Å². The third kappa shape index (κ3) is 3.94. The molecule has 0 aliphatic carbocycles. The van der Waals surface area contributed by atoms with Gasteiger partial charge < -0.3 is 14.8 Å². The molecule has 7 heteroatoms. The first kappa shape index (κ1) is 18.3. The van der Waals surface area contributed by atoms with Gasteiger partial charge >= 0.3 is 0 Å². The van der Waals surface area contributed by atoms with E-state index in [1.54, 1.807) is 22.9 Å². The van der Waals surface area contributed by atoms with Crippen molar-refractivity contribution < 1.29 is 9.59 Å². The Balaban J connectivity index is 1.37. The van der Waals surface area contributed by atoms with Crippen LogP contribution < -0.4 is 10.2 Å². The summed E-state index contributed by atoms with van der Waals surface area (Å²) in [6.45, 7) is 0.405. The van der Waals surface area contributed by atoms with Crippen LogP contribution in [0.4, 0.5) is 11.4 Å². The summed E-state index contributed by atoms with van der Waals surface area (Å²) in [5.41, 5.74) is 1.55. The molecule has 6 nitrogen and oxygen atoms in total. The minimum absolute atomic E-state index is 0.0202. The minimum Gasteiger partial charge on any atom is -0.329 e. The molecule has 1 unspecified atom stereocenters. The number of imidazole rings is 1. The number of amides is 2. The molecule has 4 rings (SSSR count). The van der Waals surface area contributed by atoms with Crippen LogP contribution in [-0.4, -0.2) is 27.9 Å². The highest BCUT2D eigenvalue weighted by atomic mass is 32.2. The monoisotopic (exact) mass is 392 g/mol. The Morgan fingerprint density at radius 2 is 1.89 bits per heavy atom. The Labute approximate surface area is 167 Å². The van der Waals surface area contributed by atoms with Gasteiger partial charge in [-0.1, -0.05) is 30.0 Å². The Bertz CT molecular complexity index is 985. The molecule has 1 aromatic heterocycles. The Morgan fingerprint density at radius 1 is 1.14 bits per heavy atom. The predicted octanol–water partition coefficient (Wildman–Crippen LogP) is 3.56. The summed E-state index contributed by atoms with van der Waals surface area (Å²) in [6, 6.07) is 17.1. The molecule has 2 aromatic carbocycles. The van der Waals surface area contributed by atoms with E-state index in [-0.39, 0.29) is 24.2 Å². The Kier molecular flexibility index (Phi) is 5.16. The normalized spacial score (nSPS) is 16.4. The van der Waals surface area contributed by atoms with Gasteiger partial charge in [-0.15, -0.1) is 0 Å². The van der Waals surface area contributed by atoms with Gasteiger partial charge in [-0.05, 0) is 36.4 Å². The zero-order valence-corrected chi connectivity index (χ0v) is 16.2. The average Bonchev–Trinajstić information content (AvgIpc) is 3.30. The van der Waals surface area contributed by atoms with Crippen molar-refractivity contribution in [3.8, 4) is 0 Å². The summed E-state index contributed by atoms with van der Waals surface area (Å²) >= 11 is 1.56. The number of anilines is 2. The molecule has 28 heavy (non-hydrogen) atoms. The highest BCUT2D eigenvalue weighted by Crippen LogP contribution is 2.28. The van der Waals surface area contributed by atoms with Crippen molar-refractivity contribution in [2.45, 2.75) is 16.5 Å². The zero-order chi connectivity index (χ0) is 19.5. The molecule has 1 N–H and O–H groups in total. The second-order valence-corrected chi connectivity index (χ2v) is 7.72. The lowest BCUT2D eigenvalue weighted by Gasteiger charge is -2.16. The number of hydrogen-bond donors (Lipinski definition) is 1. The largest absolute Gasteiger partial charge is 0.329 e. The molecule has 1 aliphatic heterocycles. The minimum atomic E-state index is -0.352. The molecule has 142 valence electrons. The lowest BCUT2D eigenvalue weighted by atomic mass is 10.1. The number of rotatable bonds is 5. The van der Waals surface area contributed by atoms with Gasteiger partial charge in [0.25, 0.3) is 0 Å². The molecule has 0 saturated carbocycles. The van der Waals surface area contributed by atoms with Crippen LogP contribution in [0.2, 0.25) is 0 Å². The number of nitrogens with one attached hydrogen (secondary N) is 1. The first-order valence-electron chi connectivity index (χ1n) is 9.01. The van der Waals surface area contributed by atoms with E-state index in [2.05, 4.69) is 10.3 Å². The number of para-hydroxylation sites is 1. The Morgan fingerprint density at radius 3 is 2.57 bits per heavy atom. The molecule has 1 fully saturated rings. The van der Waals surface area contributed by atoms with Crippen LogP contribution in [0.1, 0.15) is 6.42 Å². The number of aromatic nitrogens is 2. The second-order valence-electron chi connectivity index (χ2n) is 6.68. The molecule has 2 amide bonds. The van der Waals surface area contributed by atoms with Crippen molar-refractivity contribution in [2.24, 2.45) is 13.0 Å². The SMILES string of the molecule is Cn1ccnc1Sc1ccc(NC(=O)C2CC(=O)N(c3ccccc3)C2)cc1. The van der Waals surface area contributed by atoms with E-state index in [1.165, 1.54) is 0 Å². The molecular formula is C21H20N4O2S. The fraction of sp³-hybridized carbons (Fsp3) is 0.190. The van der Waals surface area contributed by atoms with Crippen LogP contribution in [0.15, 0.2) is 77.0 Å². The van der Waals surface area contributed by atoms with Crippen molar-refractivity contribution in [1.82, 2.24) is 9.55 Å². The van der Waals surface area contributed by atoms with Gasteiger partial charge in [0.15, 0.2) is 5.16 Å². The average molecular weight is 392 g/mol. The van der Waals surface area contributed by atoms with Gasteiger partial charge in [0, 0.05) is 48.7 Å². The first-order valence-corrected chi connectivity index (χ1v) is 9.83. The second kappa shape index (κ2) is 7.90. The lowest BCUT2D eigenvalue weighted by molar-refractivity contribution is -0.122. The maximum atomic E-state index is 12.6. The maximum absolute atomic E-state index is 12.6. The highest BCUT2D eigenvalue weighted by molar-refractivity contribution is 7.99. The maximum Gasteiger partial charge on any atom is 0.229 e. The number of carbonyl (C=O) groups excluding carboxylic acids is 2. The van der Waals surface area contributed by atoms with E-state index in [9.17, 15) is 9.59 Å². The fourth-order valence-electron chi connectivity index (χ4n) is 3.15. The van der Waals surface area contributed by atoms with E-state index in [0.29, 0.717) is 6.54 Å². The summed E-state index contributed by atoms with van der Waals surface area (Å²) in [5, 5.41) is 3.83.